The number of hydrogen-bond donors (Lipinski definition) is 2. The topological polar surface area (TPSA) is 54.0 Å². The van der Waals surface area contributed by atoms with Gasteiger partial charge in [0.05, 0.1) is 5.56 Å². The van der Waals surface area contributed by atoms with Crippen LogP contribution in [0.5, 0.6) is 0 Å². The predicted molar refractivity (Wildman–Crippen MR) is 123 cm³/mol. The minimum Gasteiger partial charge on any atom is -0.358 e. The monoisotopic (exact) mass is 495 g/mol. The Kier molecular flexibility index (Phi) is 8.35. The van der Waals surface area contributed by atoms with Crippen molar-refractivity contribution >= 4 is 29.1 Å². The van der Waals surface area contributed by atoms with Crippen molar-refractivity contribution in [1.29, 1.82) is 0 Å². The number of nitrogens with one attached hydrogen (secondary N) is 2. The molecular weight excluding hydrogens is 474 g/mol. The van der Waals surface area contributed by atoms with Crippen molar-refractivity contribution in [1.82, 2.24) is 15.6 Å². The van der Waals surface area contributed by atoms with Crippen LogP contribution in [0.1, 0.15) is 40.8 Å². The van der Waals surface area contributed by atoms with Crippen LogP contribution in [0, 0.1) is 0 Å². The van der Waals surface area contributed by atoms with Gasteiger partial charge in [0.15, 0.2) is 0 Å². The molecule has 9 heteroatoms. The smallest absolute Gasteiger partial charge is 0.358 e. The number of hydrogen-bond acceptors (Lipinski definition) is 3. The van der Waals surface area contributed by atoms with Gasteiger partial charge in [-0.1, -0.05) is 53.5 Å². The van der Waals surface area contributed by atoms with Gasteiger partial charge >= 0.3 is 6.18 Å². The third kappa shape index (κ3) is 6.69. The Morgan fingerprint density at radius 2 is 1.61 bits per heavy atom. The van der Waals surface area contributed by atoms with Crippen molar-refractivity contribution in [3.63, 3.8) is 0 Å². The van der Waals surface area contributed by atoms with E-state index in [2.05, 4.69) is 15.6 Å². The highest BCUT2D eigenvalue weighted by atomic mass is 35.5. The minimum atomic E-state index is -4.41. The van der Waals surface area contributed by atoms with Gasteiger partial charge in [-0.15, -0.1) is 0 Å². The lowest BCUT2D eigenvalue weighted by Gasteiger charge is -2.22. The van der Waals surface area contributed by atoms with E-state index in [-0.39, 0.29) is 11.8 Å². The summed E-state index contributed by atoms with van der Waals surface area (Å²) in [6, 6.07) is 16.5. The number of pyridine rings is 1. The molecule has 3 rings (SSSR count). The van der Waals surface area contributed by atoms with E-state index >= 15 is 0 Å². The Morgan fingerprint density at radius 3 is 2.18 bits per heavy atom. The summed E-state index contributed by atoms with van der Waals surface area (Å²) in [5, 5.41) is 6.72. The molecule has 0 fully saturated rings. The van der Waals surface area contributed by atoms with Crippen LogP contribution in [0.15, 0.2) is 66.7 Å². The molecule has 0 radical (unpaired) electrons. The summed E-state index contributed by atoms with van der Waals surface area (Å²) in [6.07, 6.45) is -3.94. The van der Waals surface area contributed by atoms with Crippen LogP contribution < -0.4 is 10.6 Å². The second kappa shape index (κ2) is 11.0. The Hall–Kier alpha value is -2.61. The molecule has 33 heavy (non-hydrogen) atoms. The average Bonchev–Trinajstić information content (AvgIpc) is 2.79. The summed E-state index contributed by atoms with van der Waals surface area (Å²) in [5.74, 6) is -0.543. The predicted octanol–water partition coefficient (Wildman–Crippen LogP) is 6.01. The number of amides is 1. The average molecular weight is 496 g/mol. The number of benzene rings is 2. The molecule has 0 bridgehead atoms. The van der Waals surface area contributed by atoms with Gasteiger partial charge < -0.3 is 10.6 Å². The molecule has 1 heterocycles. The highest BCUT2D eigenvalue weighted by molar-refractivity contribution is 6.30. The zero-order valence-corrected chi connectivity index (χ0v) is 19.2. The molecule has 2 aromatic carbocycles. The van der Waals surface area contributed by atoms with Crippen LogP contribution in [0.3, 0.4) is 0 Å². The third-order valence-electron chi connectivity index (χ3n) is 5.23. The van der Waals surface area contributed by atoms with Crippen molar-refractivity contribution < 1.29 is 18.0 Å². The molecule has 1 amide bonds. The highest BCUT2D eigenvalue weighted by Gasteiger charge is 2.30. The number of alkyl halides is 3. The van der Waals surface area contributed by atoms with Crippen LogP contribution in [-0.2, 0) is 11.0 Å². The lowest BCUT2D eigenvalue weighted by Crippen LogP contribution is -2.36. The summed E-state index contributed by atoms with van der Waals surface area (Å²) in [6.45, 7) is 0.389. The van der Waals surface area contributed by atoms with Crippen molar-refractivity contribution in [2.24, 2.45) is 0 Å². The molecule has 0 aliphatic carbocycles. The Morgan fingerprint density at radius 1 is 0.970 bits per heavy atom. The van der Waals surface area contributed by atoms with Crippen molar-refractivity contribution in [3.8, 4) is 0 Å². The molecule has 0 spiro atoms. The van der Waals surface area contributed by atoms with Gasteiger partial charge in [0, 0.05) is 23.7 Å². The van der Waals surface area contributed by atoms with Gasteiger partial charge in [0.2, 0.25) is 5.91 Å². The largest absolute Gasteiger partial charge is 0.416 e. The van der Waals surface area contributed by atoms with Crippen molar-refractivity contribution in [3.05, 3.63) is 99.3 Å². The number of aromatic nitrogens is 1. The summed E-state index contributed by atoms with van der Waals surface area (Å²) in [7, 11) is 1.55. The van der Waals surface area contributed by atoms with E-state index < -0.39 is 17.8 Å². The molecule has 0 saturated carbocycles. The normalized spacial score (nSPS) is 13.4. The number of carbonyl (C=O) groups is 1. The summed E-state index contributed by atoms with van der Waals surface area (Å²) < 4.78 is 39.0. The van der Waals surface area contributed by atoms with Crippen LogP contribution in [0.4, 0.5) is 13.2 Å². The lowest BCUT2D eigenvalue weighted by molar-refractivity contribution is -0.137. The number of halogens is 5. The maximum atomic E-state index is 13.0. The molecule has 1 aromatic heterocycles. The van der Waals surface area contributed by atoms with Crippen LogP contribution in [0.2, 0.25) is 10.2 Å². The number of nitrogens with zero attached hydrogens (tertiary/aromatic N) is 1. The van der Waals surface area contributed by atoms with E-state index in [9.17, 15) is 18.0 Å². The van der Waals surface area contributed by atoms with Crippen LogP contribution >= 0.6 is 23.2 Å². The summed E-state index contributed by atoms with van der Waals surface area (Å²) in [4.78, 5) is 16.8. The van der Waals surface area contributed by atoms with Gasteiger partial charge in [-0.05, 0) is 60.5 Å². The van der Waals surface area contributed by atoms with E-state index in [0.29, 0.717) is 34.4 Å². The van der Waals surface area contributed by atoms with E-state index in [1.54, 1.807) is 49.5 Å². The van der Waals surface area contributed by atoms with Gasteiger partial charge in [0.25, 0.3) is 0 Å². The molecular formula is C24H22Cl2F3N3O. The molecule has 4 nitrogen and oxygen atoms in total. The zero-order chi connectivity index (χ0) is 24.0. The standard InChI is InChI=1S/C24H22Cl2F3N3O/c1-30-23(33)22(16-7-11-18(25)12-8-16)31-14-13-19(20-3-2-4-21(26)32-20)15-5-9-17(10-6-15)24(27,28)29/h2-12,19,22,31H,13-14H2,1H3,(H,30,33)/t19-,22+/m0/s1. The van der Waals surface area contributed by atoms with Gasteiger partial charge in [-0.25, -0.2) is 4.98 Å². The lowest BCUT2D eigenvalue weighted by atomic mass is 9.91. The van der Waals surface area contributed by atoms with Crippen LogP contribution in [0.25, 0.3) is 0 Å². The molecule has 3 aromatic rings. The molecule has 0 unspecified atom stereocenters. The maximum absolute atomic E-state index is 13.0. The second-order valence-electron chi connectivity index (χ2n) is 7.40. The van der Waals surface area contributed by atoms with Crippen molar-refractivity contribution in [2.75, 3.05) is 13.6 Å². The molecule has 0 saturated heterocycles. The van der Waals surface area contributed by atoms with E-state index in [4.69, 9.17) is 23.2 Å². The van der Waals surface area contributed by atoms with E-state index in [0.717, 1.165) is 17.7 Å². The first-order valence-corrected chi connectivity index (χ1v) is 10.9. The Labute approximate surface area is 200 Å². The number of carbonyl (C=O) groups excluding carboxylic acids is 1. The number of likely N-dealkylation sites (N-methyl/N-ethyl adjacent to an activating group) is 1. The SMILES string of the molecule is CNC(=O)[C@H](NCC[C@@H](c1ccc(C(F)(F)F)cc1)c1cccc(Cl)n1)c1ccc(Cl)cc1. The fraction of sp³-hybridized carbons (Fsp3) is 0.250. The molecule has 2 atom stereocenters. The summed E-state index contributed by atoms with van der Waals surface area (Å²) in [5.41, 5.74) is 1.32. The minimum absolute atomic E-state index is 0.218. The molecule has 0 aliphatic heterocycles. The second-order valence-corrected chi connectivity index (χ2v) is 8.22. The Balaban J connectivity index is 1.82. The Bertz CT molecular complexity index is 1070. The molecule has 2 N–H and O–H groups in total. The fourth-order valence-electron chi connectivity index (χ4n) is 3.54. The zero-order valence-electron chi connectivity index (χ0n) is 17.7. The first kappa shape index (κ1) is 25.0. The third-order valence-corrected chi connectivity index (χ3v) is 5.69. The van der Waals surface area contributed by atoms with Gasteiger partial charge in [0.1, 0.15) is 11.2 Å². The first-order valence-electron chi connectivity index (χ1n) is 10.2. The first-order chi connectivity index (χ1) is 15.7. The van der Waals surface area contributed by atoms with Crippen molar-refractivity contribution in [2.45, 2.75) is 24.6 Å². The van der Waals surface area contributed by atoms with Gasteiger partial charge in [-0.3, -0.25) is 4.79 Å². The van der Waals surface area contributed by atoms with Gasteiger partial charge in [-0.2, -0.15) is 13.2 Å². The molecule has 174 valence electrons. The molecule has 0 aliphatic rings. The summed E-state index contributed by atoms with van der Waals surface area (Å²) >= 11 is 12.0. The van der Waals surface area contributed by atoms with Crippen LogP contribution in [-0.4, -0.2) is 24.5 Å². The van der Waals surface area contributed by atoms with E-state index in [1.807, 2.05) is 0 Å². The quantitative estimate of drug-likeness (QED) is 0.376. The number of rotatable bonds is 8. The fourth-order valence-corrected chi connectivity index (χ4v) is 3.84. The highest BCUT2D eigenvalue weighted by Crippen LogP contribution is 2.33. The maximum Gasteiger partial charge on any atom is 0.416 e. The van der Waals surface area contributed by atoms with E-state index in [1.165, 1.54) is 12.1 Å².